The van der Waals surface area contributed by atoms with Crippen molar-refractivity contribution in [2.45, 2.75) is 56.5 Å². The van der Waals surface area contributed by atoms with Gasteiger partial charge < -0.3 is 24.7 Å². The van der Waals surface area contributed by atoms with Crippen LogP contribution in [0.5, 0.6) is 0 Å². The fourth-order valence-electron chi connectivity index (χ4n) is 3.35. The maximum Gasteiger partial charge on any atom is 0.307 e. The van der Waals surface area contributed by atoms with E-state index >= 15 is 0 Å². The van der Waals surface area contributed by atoms with Crippen LogP contribution >= 0.6 is 0 Å². The third kappa shape index (κ3) is 3.52. The Labute approximate surface area is 144 Å². The number of rotatable bonds is 4. The van der Waals surface area contributed by atoms with Crippen LogP contribution in [0.2, 0.25) is 0 Å². The molecule has 2 aliphatic heterocycles. The second kappa shape index (κ2) is 6.60. The van der Waals surface area contributed by atoms with E-state index in [0.29, 0.717) is 0 Å². The van der Waals surface area contributed by atoms with Gasteiger partial charge in [-0.2, -0.15) is 0 Å². The number of benzene rings is 1. The number of esters is 1. The molecule has 2 fully saturated rings. The molecule has 2 saturated heterocycles. The van der Waals surface area contributed by atoms with Gasteiger partial charge in [-0.1, -0.05) is 6.07 Å². The molecule has 138 valence electrons. The van der Waals surface area contributed by atoms with E-state index in [2.05, 4.69) is 4.74 Å². The first kappa shape index (κ1) is 18.2. The highest BCUT2D eigenvalue weighted by Gasteiger charge is 2.57. The minimum atomic E-state index is -0.906. The number of nitrogens with two attached hydrogens (primary N) is 1. The molecule has 0 saturated carbocycles. The lowest BCUT2D eigenvalue weighted by Crippen LogP contribution is -2.44. The molecule has 3 rings (SSSR count). The molecule has 0 radical (unpaired) electrons. The van der Waals surface area contributed by atoms with Crippen molar-refractivity contribution >= 4 is 5.97 Å². The number of ether oxygens (including phenoxy) is 4. The summed E-state index contributed by atoms with van der Waals surface area (Å²) in [7, 11) is 1.27. The second-order valence-electron chi connectivity index (χ2n) is 6.70. The van der Waals surface area contributed by atoms with Gasteiger partial charge in [-0.3, -0.25) is 4.79 Å². The SMILES string of the molecule is COC(=O)C[C@H](N)[C@H]1O[C@@H](c2ccc(F)cc2F)[C@H]2OC(C)(C)O[C@@H]12. The Morgan fingerprint density at radius 1 is 1.32 bits per heavy atom. The van der Waals surface area contributed by atoms with Crippen molar-refractivity contribution in [3.63, 3.8) is 0 Å². The highest BCUT2D eigenvalue weighted by Crippen LogP contribution is 2.46. The third-order valence-corrected chi connectivity index (χ3v) is 4.41. The lowest BCUT2D eigenvalue weighted by Gasteiger charge is -2.27. The smallest absolute Gasteiger partial charge is 0.307 e. The van der Waals surface area contributed by atoms with Crippen LogP contribution in [0, 0.1) is 11.6 Å². The van der Waals surface area contributed by atoms with E-state index in [1.165, 1.54) is 13.2 Å². The predicted octanol–water partition coefficient (Wildman–Crippen LogP) is 1.82. The lowest BCUT2D eigenvalue weighted by molar-refractivity contribution is -0.190. The Morgan fingerprint density at radius 3 is 2.64 bits per heavy atom. The summed E-state index contributed by atoms with van der Waals surface area (Å²) in [5.41, 5.74) is 6.25. The monoisotopic (exact) mass is 357 g/mol. The molecule has 2 aliphatic rings. The van der Waals surface area contributed by atoms with E-state index in [0.717, 1.165) is 12.1 Å². The molecule has 5 atom stereocenters. The van der Waals surface area contributed by atoms with E-state index in [4.69, 9.17) is 19.9 Å². The topological polar surface area (TPSA) is 80.0 Å². The first-order chi connectivity index (χ1) is 11.7. The first-order valence-electron chi connectivity index (χ1n) is 8.00. The predicted molar refractivity (Wildman–Crippen MR) is 82.4 cm³/mol. The van der Waals surface area contributed by atoms with E-state index in [1.807, 2.05) is 0 Å². The number of fused-ring (bicyclic) bond motifs is 1. The van der Waals surface area contributed by atoms with Gasteiger partial charge in [0.2, 0.25) is 0 Å². The molecule has 0 amide bonds. The largest absolute Gasteiger partial charge is 0.469 e. The minimum Gasteiger partial charge on any atom is -0.469 e. The molecule has 0 spiro atoms. The zero-order valence-corrected chi connectivity index (χ0v) is 14.2. The quantitative estimate of drug-likeness (QED) is 0.828. The Hall–Kier alpha value is -1.61. The van der Waals surface area contributed by atoms with Gasteiger partial charge in [0.15, 0.2) is 5.79 Å². The lowest BCUT2D eigenvalue weighted by atomic mass is 9.97. The van der Waals surface area contributed by atoms with Crippen LogP contribution < -0.4 is 5.73 Å². The molecule has 2 heterocycles. The molecule has 1 aromatic rings. The number of carbonyl (C=O) groups is 1. The van der Waals surface area contributed by atoms with Gasteiger partial charge in [0.25, 0.3) is 0 Å². The van der Waals surface area contributed by atoms with Crippen LogP contribution in [-0.2, 0) is 23.7 Å². The Kier molecular flexibility index (Phi) is 4.80. The van der Waals surface area contributed by atoms with Crippen molar-refractivity contribution in [3.05, 3.63) is 35.4 Å². The highest BCUT2D eigenvalue weighted by atomic mass is 19.1. The fraction of sp³-hybridized carbons (Fsp3) is 0.588. The average Bonchev–Trinajstić information content (AvgIpc) is 3.00. The standard InChI is InChI=1S/C17H21F2NO5/c1-17(2)24-15-13(9-5-4-8(18)6-10(9)19)23-14(16(15)25-17)11(20)7-12(21)22-3/h4-6,11,13-16H,7,20H2,1-3H3/t11-,13-,14+,15+,16-/m0/s1. The molecular formula is C17H21F2NO5. The Bertz CT molecular complexity index is 668. The molecule has 25 heavy (non-hydrogen) atoms. The van der Waals surface area contributed by atoms with Crippen LogP contribution in [-0.4, -0.2) is 43.2 Å². The van der Waals surface area contributed by atoms with Crippen LogP contribution in [0.3, 0.4) is 0 Å². The van der Waals surface area contributed by atoms with E-state index < -0.39 is 53.8 Å². The van der Waals surface area contributed by atoms with Crippen LogP contribution in [0.4, 0.5) is 8.78 Å². The molecule has 2 N–H and O–H groups in total. The molecule has 8 heteroatoms. The molecule has 0 unspecified atom stereocenters. The number of halogens is 2. The number of methoxy groups -OCH3 is 1. The van der Waals surface area contributed by atoms with Crippen molar-refractivity contribution in [3.8, 4) is 0 Å². The molecule has 0 aromatic heterocycles. The van der Waals surface area contributed by atoms with Gasteiger partial charge >= 0.3 is 5.97 Å². The Morgan fingerprint density at radius 2 is 2.00 bits per heavy atom. The molecule has 0 bridgehead atoms. The second-order valence-corrected chi connectivity index (χ2v) is 6.70. The van der Waals surface area contributed by atoms with Gasteiger partial charge in [-0.05, 0) is 19.9 Å². The van der Waals surface area contributed by atoms with Crippen molar-refractivity contribution in [2.75, 3.05) is 7.11 Å². The van der Waals surface area contributed by atoms with Gasteiger partial charge in [0.1, 0.15) is 36.1 Å². The van der Waals surface area contributed by atoms with Gasteiger partial charge in [-0.25, -0.2) is 8.78 Å². The summed E-state index contributed by atoms with van der Waals surface area (Å²) in [6, 6.07) is 2.54. The summed E-state index contributed by atoms with van der Waals surface area (Å²) in [6.07, 6.45) is -2.79. The van der Waals surface area contributed by atoms with Crippen molar-refractivity contribution < 1.29 is 32.5 Å². The van der Waals surface area contributed by atoms with E-state index in [1.54, 1.807) is 13.8 Å². The van der Waals surface area contributed by atoms with E-state index in [9.17, 15) is 13.6 Å². The summed E-state index contributed by atoms with van der Waals surface area (Å²) < 4.78 is 49.7. The zero-order valence-electron chi connectivity index (χ0n) is 14.2. The average molecular weight is 357 g/mol. The summed E-state index contributed by atoms with van der Waals surface area (Å²) >= 11 is 0. The van der Waals surface area contributed by atoms with Gasteiger partial charge in [0.05, 0.1) is 13.5 Å². The minimum absolute atomic E-state index is 0.0766. The summed E-state index contributed by atoms with van der Waals surface area (Å²) in [4.78, 5) is 11.5. The maximum atomic E-state index is 14.2. The van der Waals surface area contributed by atoms with Gasteiger partial charge in [-0.15, -0.1) is 0 Å². The number of hydrogen-bond donors (Lipinski definition) is 1. The molecule has 6 nitrogen and oxygen atoms in total. The first-order valence-corrected chi connectivity index (χ1v) is 8.00. The highest BCUT2D eigenvalue weighted by molar-refractivity contribution is 5.70. The van der Waals surface area contributed by atoms with Crippen LogP contribution in [0.25, 0.3) is 0 Å². The number of hydrogen-bond acceptors (Lipinski definition) is 6. The summed E-state index contributed by atoms with van der Waals surface area (Å²) in [6.45, 7) is 3.46. The number of carbonyl (C=O) groups excluding carboxylic acids is 1. The van der Waals surface area contributed by atoms with Crippen molar-refractivity contribution in [2.24, 2.45) is 5.73 Å². The molecular weight excluding hydrogens is 336 g/mol. The van der Waals surface area contributed by atoms with Crippen molar-refractivity contribution in [1.29, 1.82) is 0 Å². The Balaban J connectivity index is 1.89. The zero-order chi connectivity index (χ0) is 18.4. The maximum absolute atomic E-state index is 14.2. The van der Waals surface area contributed by atoms with Crippen LogP contribution in [0.1, 0.15) is 31.9 Å². The van der Waals surface area contributed by atoms with Crippen LogP contribution in [0.15, 0.2) is 18.2 Å². The third-order valence-electron chi connectivity index (χ3n) is 4.41. The normalized spacial score (nSPS) is 31.6. The van der Waals surface area contributed by atoms with Crippen molar-refractivity contribution in [1.82, 2.24) is 0 Å². The molecule has 0 aliphatic carbocycles. The summed E-state index contributed by atoms with van der Waals surface area (Å²) in [5, 5.41) is 0. The van der Waals surface area contributed by atoms with E-state index in [-0.39, 0.29) is 12.0 Å². The fourth-order valence-corrected chi connectivity index (χ4v) is 3.35. The van der Waals surface area contributed by atoms with Gasteiger partial charge in [0, 0.05) is 17.7 Å². The molecule has 1 aromatic carbocycles. The summed E-state index contributed by atoms with van der Waals surface area (Å²) in [5.74, 6) is -2.81.